The number of nitrogens with one attached hydrogen (secondary N) is 1. The molecule has 0 bridgehead atoms. The lowest BCUT2D eigenvalue weighted by atomic mass is 9.68. The van der Waals surface area contributed by atoms with E-state index >= 15 is 0 Å². The van der Waals surface area contributed by atoms with E-state index < -0.39 is 0 Å². The molecule has 3 heteroatoms. The highest BCUT2D eigenvalue weighted by atomic mass is 35.5. The van der Waals surface area contributed by atoms with E-state index in [4.69, 9.17) is 16.3 Å². The Hall–Kier alpha value is -0.730. The first kappa shape index (κ1) is 15.2. The zero-order valence-corrected chi connectivity index (χ0v) is 14.1. The summed E-state index contributed by atoms with van der Waals surface area (Å²) in [5.41, 5.74) is 1.70. The van der Waals surface area contributed by atoms with Crippen molar-refractivity contribution in [3.05, 3.63) is 28.8 Å². The van der Waals surface area contributed by atoms with Crippen LogP contribution in [0.3, 0.4) is 0 Å². The lowest BCUT2D eigenvalue weighted by Crippen LogP contribution is -2.47. The van der Waals surface area contributed by atoms with E-state index in [9.17, 15) is 0 Å². The van der Waals surface area contributed by atoms with Crippen LogP contribution >= 0.6 is 11.6 Å². The Kier molecular flexibility index (Phi) is 3.96. The van der Waals surface area contributed by atoms with Crippen LogP contribution in [0.1, 0.15) is 64.5 Å². The van der Waals surface area contributed by atoms with Crippen LogP contribution in [0.5, 0.6) is 5.75 Å². The lowest BCUT2D eigenvalue weighted by molar-refractivity contribution is -0.0294. The predicted octanol–water partition coefficient (Wildman–Crippen LogP) is 5.11. The van der Waals surface area contributed by atoms with Crippen molar-refractivity contribution in [1.29, 1.82) is 0 Å². The van der Waals surface area contributed by atoms with Gasteiger partial charge in [0.1, 0.15) is 11.4 Å². The highest BCUT2D eigenvalue weighted by molar-refractivity contribution is 6.30. The van der Waals surface area contributed by atoms with Gasteiger partial charge in [-0.25, -0.2) is 0 Å². The first-order valence-corrected chi connectivity index (χ1v) is 8.53. The fourth-order valence-electron chi connectivity index (χ4n) is 3.76. The van der Waals surface area contributed by atoms with Crippen LogP contribution in [-0.4, -0.2) is 12.1 Å². The highest BCUT2D eigenvalue weighted by Crippen LogP contribution is 2.50. The first-order valence-electron chi connectivity index (χ1n) is 8.15. The van der Waals surface area contributed by atoms with Crippen molar-refractivity contribution in [2.45, 2.75) is 64.5 Å². The summed E-state index contributed by atoms with van der Waals surface area (Å²) >= 11 is 6.17. The molecule has 2 nitrogen and oxygen atoms in total. The number of rotatable bonds is 2. The van der Waals surface area contributed by atoms with Crippen molar-refractivity contribution < 1.29 is 4.74 Å². The molecule has 116 valence electrons. The number of ether oxygens (including phenoxy) is 1. The SMILES string of the molecule is CCNC1CC2(CCC(C)(C)CC2)Oc2ccc(Cl)cc21. The van der Waals surface area contributed by atoms with E-state index in [2.05, 4.69) is 32.2 Å². The van der Waals surface area contributed by atoms with Crippen LogP contribution in [-0.2, 0) is 0 Å². The summed E-state index contributed by atoms with van der Waals surface area (Å²) in [5.74, 6) is 1.02. The summed E-state index contributed by atoms with van der Waals surface area (Å²) in [6, 6.07) is 6.40. The minimum atomic E-state index is 0.0170. The zero-order chi connectivity index (χ0) is 15.1. The maximum Gasteiger partial charge on any atom is 0.125 e. The van der Waals surface area contributed by atoms with Crippen LogP contribution in [0, 0.1) is 5.41 Å². The van der Waals surface area contributed by atoms with Gasteiger partial charge in [0.15, 0.2) is 0 Å². The summed E-state index contributed by atoms with van der Waals surface area (Å²) < 4.78 is 6.49. The average molecular weight is 308 g/mol. The molecule has 0 saturated heterocycles. The molecule has 1 heterocycles. The van der Waals surface area contributed by atoms with Crippen molar-refractivity contribution in [3.63, 3.8) is 0 Å². The van der Waals surface area contributed by atoms with Gasteiger partial charge in [-0.2, -0.15) is 0 Å². The molecule has 2 aliphatic rings. The summed E-state index contributed by atoms with van der Waals surface area (Å²) in [6.45, 7) is 7.88. The van der Waals surface area contributed by atoms with Crippen LogP contribution < -0.4 is 10.1 Å². The smallest absolute Gasteiger partial charge is 0.125 e. The molecule has 1 saturated carbocycles. The molecule has 3 rings (SSSR count). The number of halogens is 1. The first-order chi connectivity index (χ1) is 9.93. The van der Waals surface area contributed by atoms with Gasteiger partial charge >= 0.3 is 0 Å². The van der Waals surface area contributed by atoms with Crippen LogP contribution in [0.4, 0.5) is 0 Å². The van der Waals surface area contributed by atoms with E-state index in [0.717, 1.165) is 36.6 Å². The van der Waals surface area contributed by atoms with E-state index in [-0.39, 0.29) is 5.60 Å². The molecule has 21 heavy (non-hydrogen) atoms. The van der Waals surface area contributed by atoms with Crippen LogP contribution in [0.2, 0.25) is 5.02 Å². The lowest BCUT2D eigenvalue weighted by Gasteiger charge is -2.48. The third kappa shape index (κ3) is 3.07. The van der Waals surface area contributed by atoms with Gasteiger partial charge < -0.3 is 10.1 Å². The molecule has 0 amide bonds. The Morgan fingerprint density at radius 3 is 2.62 bits per heavy atom. The molecule has 1 N–H and O–H groups in total. The molecule has 0 aromatic heterocycles. The van der Waals surface area contributed by atoms with Crippen LogP contribution in [0.15, 0.2) is 18.2 Å². The van der Waals surface area contributed by atoms with Gasteiger partial charge in [-0.15, -0.1) is 0 Å². The standard InChI is InChI=1S/C18H26ClNO/c1-4-20-15-12-18(9-7-17(2,3)8-10-18)21-16-6-5-13(19)11-14(15)16/h5-6,11,15,20H,4,7-10,12H2,1-3H3. The zero-order valence-electron chi connectivity index (χ0n) is 13.3. The molecular weight excluding hydrogens is 282 g/mol. The Balaban J connectivity index is 1.89. The molecule has 1 aromatic rings. The predicted molar refractivity (Wildman–Crippen MR) is 88.1 cm³/mol. The average Bonchev–Trinajstić information content (AvgIpc) is 2.44. The van der Waals surface area contributed by atoms with Crippen molar-refractivity contribution in [1.82, 2.24) is 5.32 Å². The number of hydrogen-bond donors (Lipinski definition) is 1. The van der Waals surface area contributed by atoms with Crippen molar-refractivity contribution in [2.75, 3.05) is 6.54 Å². The molecule has 1 aliphatic heterocycles. The van der Waals surface area contributed by atoms with Crippen molar-refractivity contribution in [3.8, 4) is 5.75 Å². The minimum absolute atomic E-state index is 0.0170. The summed E-state index contributed by atoms with van der Waals surface area (Å²) in [4.78, 5) is 0. The van der Waals surface area contributed by atoms with Crippen molar-refractivity contribution in [2.24, 2.45) is 5.41 Å². The van der Waals surface area contributed by atoms with E-state index in [1.165, 1.54) is 18.4 Å². The van der Waals surface area contributed by atoms with Gasteiger partial charge in [0.2, 0.25) is 0 Å². The molecule has 0 radical (unpaired) electrons. The van der Waals surface area contributed by atoms with E-state index in [1.807, 2.05) is 12.1 Å². The molecule has 1 aromatic carbocycles. The summed E-state index contributed by atoms with van der Waals surface area (Å²) in [5, 5.41) is 4.41. The molecule has 1 unspecified atom stereocenters. The van der Waals surface area contributed by atoms with Gasteiger partial charge in [0.05, 0.1) is 0 Å². The number of hydrogen-bond acceptors (Lipinski definition) is 2. The highest BCUT2D eigenvalue weighted by Gasteiger charge is 2.45. The van der Waals surface area contributed by atoms with Gasteiger partial charge in [-0.3, -0.25) is 0 Å². The Labute approximate surface area is 133 Å². The number of benzene rings is 1. The molecule has 1 atom stereocenters. The third-order valence-corrected chi connectivity index (χ3v) is 5.45. The second-order valence-electron chi connectivity index (χ2n) is 7.45. The third-order valence-electron chi connectivity index (χ3n) is 5.22. The second kappa shape index (κ2) is 5.48. The fraction of sp³-hybridized carbons (Fsp3) is 0.667. The molecule has 1 spiro atoms. The maximum atomic E-state index is 6.49. The van der Waals surface area contributed by atoms with Crippen molar-refractivity contribution >= 4 is 11.6 Å². The maximum absolute atomic E-state index is 6.49. The molecular formula is C18H26ClNO. The normalized spacial score (nSPS) is 26.2. The van der Waals surface area contributed by atoms with Gasteiger partial charge in [-0.1, -0.05) is 32.4 Å². The fourth-order valence-corrected chi connectivity index (χ4v) is 3.94. The van der Waals surface area contributed by atoms with Gasteiger partial charge in [0, 0.05) is 23.0 Å². The minimum Gasteiger partial charge on any atom is -0.487 e. The Morgan fingerprint density at radius 1 is 1.24 bits per heavy atom. The molecule has 1 aliphatic carbocycles. The number of fused-ring (bicyclic) bond motifs is 1. The Bertz CT molecular complexity index is 516. The monoisotopic (exact) mass is 307 g/mol. The van der Waals surface area contributed by atoms with E-state index in [1.54, 1.807) is 0 Å². The van der Waals surface area contributed by atoms with E-state index in [0.29, 0.717) is 11.5 Å². The summed E-state index contributed by atoms with van der Waals surface area (Å²) in [6.07, 6.45) is 5.86. The van der Waals surface area contributed by atoms with Gasteiger partial charge in [0.25, 0.3) is 0 Å². The Morgan fingerprint density at radius 2 is 1.95 bits per heavy atom. The summed E-state index contributed by atoms with van der Waals surface area (Å²) in [7, 11) is 0. The van der Waals surface area contributed by atoms with Gasteiger partial charge in [-0.05, 0) is 55.8 Å². The largest absolute Gasteiger partial charge is 0.487 e. The topological polar surface area (TPSA) is 21.3 Å². The quantitative estimate of drug-likeness (QED) is 0.819. The van der Waals surface area contributed by atoms with Crippen LogP contribution in [0.25, 0.3) is 0 Å². The molecule has 1 fully saturated rings. The second-order valence-corrected chi connectivity index (χ2v) is 7.88.